The maximum atomic E-state index is 13.0. The summed E-state index contributed by atoms with van der Waals surface area (Å²) in [4.78, 5) is 28.1. The number of nitrogens with zero attached hydrogens (tertiary/aromatic N) is 2. The van der Waals surface area contributed by atoms with Gasteiger partial charge in [-0.3, -0.25) is 9.59 Å². The summed E-state index contributed by atoms with van der Waals surface area (Å²) < 4.78 is 50.0. The number of benzene rings is 2. The van der Waals surface area contributed by atoms with Crippen molar-refractivity contribution in [3.63, 3.8) is 0 Å². The van der Waals surface area contributed by atoms with Gasteiger partial charge in [0.1, 0.15) is 5.82 Å². The van der Waals surface area contributed by atoms with E-state index in [1.165, 1.54) is 54.6 Å². The van der Waals surface area contributed by atoms with E-state index in [1.807, 2.05) is 0 Å². The molecule has 1 aliphatic heterocycles. The molecule has 2 aromatic carbocycles. The van der Waals surface area contributed by atoms with Gasteiger partial charge in [0.2, 0.25) is 5.91 Å². The first-order valence-electron chi connectivity index (χ1n) is 9.09. The molecule has 1 saturated heterocycles. The van der Waals surface area contributed by atoms with Gasteiger partial charge in [0.05, 0.1) is 0 Å². The molecule has 158 valence electrons. The highest BCUT2D eigenvalue weighted by Gasteiger charge is 2.29. The zero-order valence-electron chi connectivity index (χ0n) is 15.7. The third kappa shape index (κ3) is 6.09. The van der Waals surface area contributed by atoms with E-state index in [0.717, 1.165) is 0 Å². The van der Waals surface area contributed by atoms with Crippen LogP contribution in [0.15, 0.2) is 59.5 Å². The Morgan fingerprint density at radius 3 is 2.00 bits per heavy atom. The largest absolute Gasteiger partial charge is 0.446 e. The number of alkyl halides is 3. The quantitative estimate of drug-likeness (QED) is 0.403. The Kier molecular flexibility index (Phi) is 6.81. The molecule has 0 aromatic heterocycles. The van der Waals surface area contributed by atoms with Crippen LogP contribution in [-0.2, 0) is 4.79 Å². The fourth-order valence-electron chi connectivity index (χ4n) is 2.96. The number of carbonyl (C=O) groups is 2. The van der Waals surface area contributed by atoms with Crippen LogP contribution in [0.2, 0.25) is 0 Å². The van der Waals surface area contributed by atoms with E-state index in [-0.39, 0.29) is 28.5 Å². The lowest BCUT2D eigenvalue weighted by Crippen LogP contribution is -2.50. The van der Waals surface area contributed by atoms with Crippen molar-refractivity contribution in [2.45, 2.75) is 10.4 Å². The number of piperazine rings is 1. The minimum absolute atomic E-state index is 0.0768. The summed E-state index contributed by atoms with van der Waals surface area (Å²) in [6, 6.07) is 11.0. The fraction of sp³-hybridized carbons (Fsp3) is 0.238. The minimum atomic E-state index is -4.34. The van der Waals surface area contributed by atoms with Crippen molar-refractivity contribution in [3.8, 4) is 0 Å². The number of hydrogen-bond acceptors (Lipinski definition) is 3. The second-order valence-electron chi connectivity index (χ2n) is 6.57. The number of hydrogen-bond donors (Lipinski definition) is 0. The smallest absolute Gasteiger partial charge is 0.336 e. The van der Waals surface area contributed by atoms with Crippen molar-refractivity contribution in [1.29, 1.82) is 0 Å². The number of halogens is 4. The predicted molar refractivity (Wildman–Crippen MR) is 106 cm³/mol. The summed E-state index contributed by atoms with van der Waals surface area (Å²) in [5.41, 5.74) is -3.34. The second-order valence-corrected chi connectivity index (χ2v) is 7.71. The topological polar surface area (TPSA) is 40.6 Å². The number of rotatable bonds is 4. The van der Waals surface area contributed by atoms with Gasteiger partial charge in [-0.05, 0) is 59.8 Å². The molecule has 0 N–H and O–H groups in total. The zero-order chi connectivity index (χ0) is 21.7. The number of amides is 2. The lowest BCUT2D eigenvalue weighted by atomic mass is 10.1. The van der Waals surface area contributed by atoms with Gasteiger partial charge in [0.15, 0.2) is 0 Å². The van der Waals surface area contributed by atoms with Gasteiger partial charge < -0.3 is 9.80 Å². The normalized spacial score (nSPS) is 14.9. The van der Waals surface area contributed by atoms with Gasteiger partial charge in [-0.25, -0.2) is 4.39 Å². The first-order valence-corrected chi connectivity index (χ1v) is 9.90. The average Bonchev–Trinajstić information content (AvgIpc) is 2.72. The Labute approximate surface area is 175 Å². The Balaban J connectivity index is 1.51. The molecule has 1 fully saturated rings. The van der Waals surface area contributed by atoms with Crippen molar-refractivity contribution in [3.05, 3.63) is 71.6 Å². The molecule has 4 nitrogen and oxygen atoms in total. The molecule has 1 heterocycles. The molecular formula is C21H18F4N2O2S. The summed E-state index contributed by atoms with van der Waals surface area (Å²) >= 11 is -0.192. The molecule has 30 heavy (non-hydrogen) atoms. The summed E-state index contributed by atoms with van der Waals surface area (Å²) in [5, 5.41) is 0. The Morgan fingerprint density at radius 2 is 1.43 bits per heavy atom. The van der Waals surface area contributed by atoms with E-state index in [2.05, 4.69) is 0 Å². The van der Waals surface area contributed by atoms with Crippen molar-refractivity contribution in [2.24, 2.45) is 0 Å². The first-order chi connectivity index (χ1) is 14.2. The van der Waals surface area contributed by atoms with E-state index in [4.69, 9.17) is 0 Å². The Morgan fingerprint density at radius 1 is 0.867 bits per heavy atom. The van der Waals surface area contributed by atoms with Gasteiger partial charge >= 0.3 is 5.51 Å². The summed E-state index contributed by atoms with van der Waals surface area (Å²) in [6.07, 6.45) is 2.91. The number of thioether (sulfide) groups is 1. The highest BCUT2D eigenvalue weighted by atomic mass is 32.2. The van der Waals surface area contributed by atoms with Crippen LogP contribution in [0.1, 0.15) is 15.9 Å². The van der Waals surface area contributed by atoms with Crippen LogP contribution in [-0.4, -0.2) is 53.3 Å². The third-order valence-corrected chi connectivity index (χ3v) is 5.24. The van der Waals surface area contributed by atoms with Crippen LogP contribution in [0.4, 0.5) is 17.6 Å². The van der Waals surface area contributed by atoms with Gasteiger partial charge in [-0.1, -0.05) is 12.1 Å². The van der Waals surface area contributed by atoms with Crippen LogP contribution in [0.25, 0.3) is 6.08 Å². The highest BCUT2D eigenvalue weighted by molar-refractivity contribution is 8.00. The molecule has 9 heteroatoms. The molecule has 2 aromatic rings. The SMILES string of the molecule is O=C(/C=C/c1ccc(SC(F)(F)F)cc1)N1CCN(C(=O)c2ccc(F)cc2)CC1. The molecule has 3 rings (SSSR count). The van der Waals surface area contributed by atoms with Gasteiger partial charge in [-0.15, -0.1) is 0 Å². The van der Waals surface area contributed by atoms with Crippen LogP contribution in [0.5, 0.6) is 0 Å². The van der Waals surface area contributed by atoms with Gasteiger partial charge in [0.25, 0.3) is 5.91 Å². The maximum Gasteiger partial charge on any atom is 0.446 e. The van der Waals surface area contributed by atoms with Crippen LogP contribution >= 0.6 is 11.8 Å². The standard InChI is InChI=1S/C21H18F4N2O2S/c22-17-6-4-16(5-7-17)20(29)27-13-11-26(12-14-27)19(28)10-3-15-1-8-18(9-2-15)30-21(23,24)25/h1-10H,11-14H2/b10-3+. The second kappa shape index (κ2) is 9.34. The van der Waals surface area contributed by atoms with E-state index < -0.39 is 11.3 Å². The van der Waals surface area contributed by atoms with E-state index in [1.54, 1.807) is 15.9 Å². The average molecular weight is 438 g/mol. The monoisotopic (exact) mass is 438 g/mol. The maximum absolute atomic E-state index is 13.0. The van der Waals surface area contributed by atoms with Crippen molar-refractivity contribution >= 4 is 29.7 Å². The Hall–Kier alpha value is -2.81. The van der Waals surface area contributed by atoms with Crippen molar-refractivity contribution < 1.29 is 27.2 Å². The summed E-state index contributed by atoms with van der Waals surface area (Å²) in [6.45, 7) is 1.44. The van der Waals surface area contributed by atoms with Crippen LogP contribution in [0.3, 0.4) is 0 Å². The number of carbonyl (C=O) groups excluding carboxylic acids is 2. The fourth-order valence-corrected chi connectivity index (χ4v) is 3.50. The summed E-state index contributed by atoms with van der Waals surface area (Å²) in [7, 11) is 0. The van der Waals surface area contributed by atoms with Crippen molar-refractivity contribution in [2.75, 3.05) is 26.2 Å². The molecule has 0 aliphatic carbocycles. The summed E-state index contributed by atoms with van der Waals surface area (Å²) in [5.74, 6) is -0.866. The third-order valence-electron chi connectivity index (χ3n) is 4.50. The van der Waals surface area contributed by atoms with Crippen molar-refractivity contribution in [1.82, 2.24) is 9.80 Å². The van der Waals surface area contributed by atoms with E-state index >= 15 is 0 Å². The highest BCUT2D eigenvalue weighted by Crippen LogP contribution is 2.36. The molecule has 0 atom stereocenters. The molecule has 0 unspecified atom stereocenters. The van der Waals surface area contributed by atoms with Crippen LogP contribution in [0, 0.1) is 5.82 Å². The van der Waals surface area contributed by atoms with E-state index in [9.17, 15) is 27.2 Å². The van der Waals surface area contributed by atoms with Gasteiger partial charge in [-0.2, -0.15) is 13.2 Å². The predicted octanol–water partition coefficient (Wildman–Crippen LogP) is 4.44. The first kappa shape index (κ1) is 21.9. The Bertz CT molecular complexity index is 920. The lowest BCUT2D eigenvalue weighted by Gasteiger charge is -2.34. The molecule has 2 amide bonds. The zero-order valence-corrected chi connectivity index (χ0v) is 16.5. The van der Waals surface area contributed by atoms with Crippen LogP contribution < -0.4 is 0 Å². The molecule has 0 spiro atoms. The molecule has 0 saturated carbocycles. The van der Waals surface area contributed by atoms with E-state index in [0.29, 0.717) is 37.3 Å². The lowest BCUT2D eigenvalue weighted by molar-refractivity contribution is -0.127. The minimum Gasteiger partial charge on any atom is -0.336 e. The molecule has 0 bridgehead atoms. The molecular weight excluding hydrogens is 420 g/mol. The molecule has 1 aliphatic rings. The van der Waals surface area contributed by atoms with Gasteiger partial charge in [0, 0.05) is 42.7 Å². The molecule has 0 radical (unpaired) electrons.